The summed E-state index contributed by atoms with van der Waals surface area (Å²) in [5.41, 5.74) is 1.24. The summed E-state index contributed by atoms with van der Waals surface area (Å²) in [5.74, 6) is 1.22. The Morgan fingerprint density at radius 3 is 2.41 bits per heavy atom. The van der Waals surface area contributed by atoms with Crippen LogP contribution >= 0.6 is 15.9 Å². The molecule has 0 radical (unpaired) electrons. The van der Waals surface area contributed by atoms with Gasteiger partial charge in [-0.05, 0) is 58.4 Å². The predicted molar refractivity (Wildman–Crippen MR) is 88.7 cm³/mol. The van der Waals surface area contributed by atoms with Gasteiger partial charge in [0.2, 0.25) is 0 Å². The van der Waals surface area contributed by atoms with Gasteiger partial charge in [0.15, 0.2) is 5.78 Å². The molecule has 1 N–H and O–H groups in total. The maximum absolute atomic E-state index is 12.1. The van der Waals surface area contributed by atoms with E-state index in [2.05, 4.69) is 15.9 Å². The van der Waals surface area contributed by atoms with E-state index in [-0.39, 0.29) is 11.5 Å². The lowest BCUT2D eigenvalue weighted by atomic mass is 10.1. The Bertz CT molecular complexity index is 705. The summed E-state index contributed by atoms with van der Waals surface area (Å²) < 4.78 is 11.3. The van der Waals surface area contributed by atoms with Gasteiger partial charge in [-0.25, -0.2) is 0 Å². The molecule has 114 valence electrons. The molecular formula is C17H15BrO4. The first-order valence-electron chi connectivity index (χ1n) is 6.48. The summed E-state index contributed by atoms with van der Waals surface area (Å²) in [6.45, 7) is 0. The fourth-order valence-corrected chi connectivity index (χ4v) is 2.45. The zero-order valence-corrected chi connectivity index (χ0v) is 13.8. The predicted octanol–water partition coefficient (Wildman–Crippen LogP) is 4.07. The van der Waals surface area contributed by atoms with Crippen LogP contribution in [0.1, 0.15) is 15.9 Å². The number of hydrogen-bond donors (Lipinski definition) is 1. The molecule has 2 aromatic rings. The molecule has 0 atom stereocenters. The lowest BCUT2D eigenvalue weighted by Crippen LogP contribution is -1.95. The van der Waals surface area contributed by atoms with E-state index >= 15 is 0 Å². The van der Waals surface area contributed by atoms with Gasteiger partial charge in [-0.3, -0.25) is 4.79 Å². The fourth-order valence-electron chi connectivity index (χ4n) is 1.90. The molecule has 22 heavy (non-hydrogen) atoms. The molecule has 0 unspecified atom stereocenters. The first-order chi connectivity index (χ1) is 10.5. The lowest BCUT2D eigenvalue weighted by molar-refractivity contribution is 0.104. The van der Waals surface area contributed by atoms with Crippen molar-refractivity contribution in [3.05, 3.63) is 58.1 Å². The molecule has 0 aliphatic rings. The number of ether oxygens (including phenoxy) is 2. The highest BCUT2D eigenvalue weighted by molar-refractivity contribution is 9.10. The molecular weight excluding hydrogens is 348 g/mol. The number of phenols is 1. The second kappa shape index (κ2) is 7.13. The number of hydrogen-bond acceptors (Lipinski definition) is 4. The van der Waals surface area contributed by atoms with Crippen LogP contribution in [0.5, 0.6) is 17.2 Å². The van der Waals surface area contributed by atoms with Crippen LogP contribution in [0.3, 0.4) is 0 Å². The summed E-state index contributed by atoms with van der Waals surface area (Å²) in [5, 5.41) is 9.24. The molecule has 0 heterocycles. The molecule has 4 nitrogen and oxygen atoms in total. The normalized spacial score (nSPS) is 10.7. The van der Waals surface area contributed by atoms with Crippen molar-refractivity contribution in [1.82, 2.24) is 0 Å². The van der Waals surface area contributed by atoms with Crippen LogP contribution in [0, 0.1) is 0 Å². The number of carbonyl (C=O) groups excluding carboxylic acids is 1. The number of rotatable bonds is 5. The van der Waals surface area contributed by atoms with Crippen LogP contribution < -0.4 is 9.47 Å². The first kappa shape index (κ1) is 16.1. The van der Waals surface area contributed by atoms with Crippen molar-refractivity contribution < 1.29 is 19.4 Å². The average Bonchev–Trinajstić information content (AvgIpc) is 2.53. The Kier molecular flexibility index (Phi) is 5.22. The van der Waals surface area contributed by atoms with Crippen LogP contribution in [0.2, 0.25) is 0 Å². The number of allylic oxidation sites excluding steroid dienone is 1. The number of carbonyl (C=O) groups is 1. The van der Waals surface area contributed by atoms with Crippen molar-refractivity contribution in [3.63, 3.8) is 0 Å². The number of phenolic OH excluding ortho intramolecular Hbond substituents is 1. The molecule has 0 aliphatic heterocycles. The Balaban J connectivity index is 2.29. The average molecular weight is 363 g/mol. The maximum atomic E-state index is 12.1. The standard InChI is InChI=1S/C17H15BrO4/c1-21-13-9-15(18)14(17(10-13)22-2)7-8-16(20)11-3-5-12(19)6-4-11/h3-10,19H,1-2H3. The van der Waals surface area contributed by atoms with Gasteiger partial charge < -0.3 is 14.6 Å². The minimum absolute atomic E-state index is 0.125. The summed E-state index contributed by atoms with van der Waals surface area (Å²) in [6, 6.07) is 9.64. The molecule has 0 spiro atoms. The molecule has 0 fully saturated rings. The molecule has 2 aromatic carbocycles. The SMILES string of the molecule is COc1cc(Br)c(C=CC(=O)c2ccc(O)cc2)c(OC)c1. The Labute approximate surface area is 137 Å². The monoisotopic (exact) mass is 362 g/mol. The van der Waals surface area contributed by atoms with Gasteiger partial charge in [-0.2, -0.15) is 0 Å². The van der Waals surface area contributed by atoms with E-state index < -0.39 is 0 Å². The molecule has 5 heteroatoms. The number of methoxy groups -OCH3 is 2. The van der Waals surface area contributed by atoms with Crippen LogP contribution in [0.15, 0.2) is 46.9 Å². The van der Waals surface area contributed by atoms with Gasteiger partial charge in [0, 0.05) is 21.7 Å². The van der Waals surface area contributed by atoms with Crippen molar-refractivity contribution in [3.8, 4) is 17.2 Å². The van der Waals surface area contributed by atoms with Crippen LogP contribution in [-0.4, -0.2) is 25.1 Å². The summed E-state index contributed by atoms with van der Waals surface area (Å²) >= 11 is 3.44. The molecule has 0 saturated carbocycles. The fraction of sp³-hybridized carbons (Fsp3) is 0.118. The van der Waals surface area contributed by atoms with E-state index in [1.807, 2.05) is 0 Å². The van der Waals surface area contributed by atoms with Crippen molar-refractivity contribution in [2.24, 2.45) is 0 Å². The van der Waals surface area contributed by atoms with E-state index in [4.69, 9.17) is 9.47 Å². The molecule has 0 bridgehead atoms. The highest BCUT2D eigenvalue weighted by atomic mass is 79.9. The Hall–Kier alpha value is -2.27. The van der Waals surface area contributed by atoms with E-state index in [1.165, 1.54) is 18.2 Å². The highest BCUT2D eigenvalue weighted by Gasteiger charge is 2.09. The topological polar surface area (TPSA) is 55.8 Å². The van der Waals surface area contributed by atoms with Gasteiger partial charge in [0.1, 0.15) is 17.2 Å². The highest BCUT2D eigenvalue weighted by Crippen LogP contribution is 2.33. The Morgan fingerprint density at radius 2 is 1.82 bits per heavy atom. The third kappa shape index (κ3) is 3.68. The van der Waals surface area contributed by atoms with Crippen molar-refractivity contribution in [1.29, 1.82) is 0 Å². The van der Waals surface area contributed by atoms with Gasteiger partial charge in [0.05, 0.1) is 14.2 Å². The zero-order chi connectivity index (χ0) is 16.1. The van der Waals surface area contributed by atoms with E-state index in [0.717, 1.165) is 10.0 Å². The Morgan fingerprint density at radius 1 is 1.14 bits per heavy atom. The van der Waals surface area contributed by atoms with Crippen molar-refractivity contribution in [2.75, 3.05) is 14.2 Å². The van der Waals surface area contributed by atoms with Gasteiger partial charge in [-0.1, -0.05) is 0 Å². The molecule has 0 amide bonds. The molecule has 0 aliphatic carbocycles. The number of halogens is 1. The van der Waals surface area contributed by atoms with E-state index in [9.17, 15) is 9.90 Å². The second-order valence-electron chi connectivity index (χ2n) is 4.47. The van der Waals surface area contributed by atoms with E-state index in [1.54, 1.807) is 44.6 Å². The largest absolute Gasteiger partial charge is 0.508 e. The quantitative estimate of drug-likeness (QED) is 0.643. The lowest BCUT2D eigenvalue weighted by Gasteiger charge is -2.09. The summed E-state index contributed by atoms with van der Waals surface area (Å²) in [7, 11) is 3.13. The van der Waals surface area contributed by atoms with Crippen molar-refractivity contribution >= 4 is 27.8 Å². The van der Waals surface area contributed by atoms with E-state index in [0.29, 0.717) is 17.1 Å². The zero-order valence-electron chi connectivity index (χ0n) is 12.2. The third-order valence-electron chi connectivity index (χ3n) is 3.07. The summed E-state index contributed by atoms with van der Waals surface area (Å²) in [6.07, 6.45) is 3.14. The number of benzene rings is 2. The molecule has 0 aromatic heterocycles. The first-order valence-corrected chi connectivity index (χ1v) is 7.27. The van der Waals surface area contributed by atoms with Gasteiger partial charge in [-0.15, -0.1) is 0 Å². The van der Waals surface area contributed by atoms with Gasteiger partial charge in [0.25, 0.3) is 0 Å². The van der Waals surface area contributed by atoms with Crippen LogP contribution in [0.25, 0.3) is 6.08 Å². The minimum atomic E-state index is -0.162. The second-order valence-corrected chi connectivity index (χ2v) is 5.32. The maximum Gasteiger partial charge on any atom is 0.185 e. The summed E-state index contributed by atoms with van der Waals surface area (Å²) in [4.78, 5) is 12.1. The molecule has 2 rings (SSSR count). The molecule has 0 saturated heterocycles. The smallest absolute Gasteiger partial charge is 0.185 e. The van der Waals surface area contributed by atoms with Crippen LogP contribution in [0.4, 0.5) is 0 Å². The minimum Gasteiger partial charge on any atom is -0.508 e. The number of ketones is 1. The van der Waals surface area contributed by atoms with Crippen molar-refractivity contribution in [2.45, 2.75) is 0 Å². The third-order valence-corrected chi connectivity index (χ3v) is 3.73. The number of aromatic hydroxyl groups is 1. The van der Waals surface area contributed by atoms with Crippen LogP contribution in [-0.2, 0) is 0 Å². The van der Waals surface area contributed by atoms with Gasteiger partial charge >= 0.3 is 0 Å².